The Bertz CT molecular complexity index is 795. The first kappa shape index (κ1) is 17.2. The van der Waals surface area contributed by atoms with Gasteiger partial charge in [-0.2, -0.15) is 0 Å². The van der Waals surface area contributed by atoms with Gasteiger partial charge in [-0.15, -0.1) is 0 Å². The van der Waals surface area contributed by atoms with E-state index in [4.69, 9.17) is 14.5 Å². The van der Waals surface area contributed by atoms with E-state index >= 15 is 0 Å². The van der Waals surface area contributed by atoms with Gasteiger partial charge in [0.05, 0.1) is 31.4 Å². The van der Waals surface area contributed by atoms with Crippen LogP contribution >= 0.6 is 0 Å². The van der Waals surface area contributed by atoms with Crippen LogP contribution in [0.5, 0.6) is 5.75 Å². The molecule has 2 aliphatic rings. The number of methoxy groups -OCH3 is 1. The van der Waals surface area contributed by atoms with Gasteiger partial charge in [0.1, 0.15) is 5.75 Å². The van der Waals surface area contributed by atoms with Crippen LogP contribution < -0.4 is 9.64 Å². The summed E-state index contributed by atoms with van der Waals surface area (Å²) in [5.41, 5.74) is 3.55. The number of anilines is 1. The van der Waals surface area contributed by atoms with Crippen LogP contribution in [0.2, 0.25) is 0 Å². The van der Waals surface area contributed by atoms with Crippen LogP contribution in [0.4, 0.5) is 5.95 Å². The number of hydrogen-bond donors (Lipinski definition) is 0. The van der Waals surface area contributed by atoms with E-state index in [0.29, 0.717) is 6.61 Å². The molecule has 1 spiro atoms. The van der Waals surface area contributed by atoms with Crippen LogP contribution in [-0.2, 0) is 23.3 Å². The lowest BCUT2D eigenvalue weighted by molar-refractivity contribution is 0.0503. The summed E-state index contributed by atoms with van der Waals surface area (Å²) in [6, 6.07) is 8.31. The lowest BCUT2D eigenvalue weighted by Gasteiger charge is -2.34. The molecule has 1 aromatic carbocycles. The van der Waals surface area contributed by atoms with Crippen molar-refractivity contribution in [3.63, 3.8) is 0 Å². The van der Waals surface area contributed by atoms with Crippen molar-refractivity contribution in [2.75, 3.05) is 45.8 Å². The fourth-order valence-electron chi connectivity index (χ4n) is 4.04. The molecule has 6 heteroatoms. The van der Waals surface area contributed by atoms with Crippen molar-refractivity contribution in [3.8, 4) is 5.75 Å². The summed E-state index contributed by atoms with van der Waals surface area (Å²) in [6.07, 6.45) is 3.00. The number of benzene rings is 1. The molecule has 0 N–H and O–H groups in total. The van der Waals surface area contributed by atoms with Crippen molar-refractivity contribution in [3.05, 3.63) is 47.3 Å². The Morgan fingerprint density at radius 2 is 2.23 bits per heavy atom. The van der Waals surface area contributed by atoms with Crippen molar-refractivity contribution in [2.24, 2.45) is 0 Å². The molecule has 1 aromatic heterocycles. The van der Waals surface area contributed by atoms with Crippen molar-refractivity contribution >= 4 is 5.95 Å². The normalized spacial score (nSPS) is 22.4. The zero-order valence-electron chi connectivity index (χ0n) is 15.7. The number of nitrogens with zero attached hydrogens (tertiary/aromatic N) is 4. The summed E-state index contributed by atoms with van der Waals surface area (Å²) < 4.78 is 11.3. The zero-order valence-corrected chi connectivity index (χ0v) is 15.7. The van der Waals surface area contributed by atoms with Crippen LogP contribution in [0.25, 0.3) is 0 Å². The van der Waals surface area contributed by atoms with E-state index in [9.17, 15) is 0 Å². The van der Waals surface area contributed by atoms with Crippen LogP contribution in [0, 0.1) is 0 Å². The van der Waals surface area contributed by atoms with Gasteiger partial charge < -0.3 is 14.4 Å². The third-order valence-corrected chi connectivity index (χ3v) is 5.36. The standard InChI is InChI=1S/C20H26N4O2/c1-23(2)19-21-10-16-12-26-14-20(18(16)22-19)7-8-24(13-20)11-15-5-4-6-17(9-15)25-3/h4-6,9-10H,7-8,11-14H2,1-3H3/t20-/m0/s1. The van der Waals surface area contributed by atoms with Gasteiger partial charge in [0.25, 0.3) is 0 Å². The fourth-order valence-corrected chi connectivity index (χ4v) is 4.04. The van der Waals surface area contributed by atoms with Crippen LogP contribution in [0.1, 0.15) is 23.2 Å². The van der Waals surface area contributed by atoms with Gasteiger partial charge in [0.2, 0.25) is 5.95 Å². The van der Waals surface area contributed by atoms with Gasteiger partial charge in [-0.3, -0.25) is 4.90 Å². The third kappa shape index (κ3) is 3.15. The third-order valence-electron chi connectivity index (χ3n) is 5.36. The van der Waals surface area contributed by atoms with Crippen LogP contribution in [0.15, 0.2) is 30.5 Å². The molecule has 0 unspecified atom stereocenters. The largest absolute Gasteiger partial charge is 0.497 e. The van der Waals surface area contributed by atoms with Gasteiger partial charge in [-0.25, -0.2) is 9.97 Å². The number of likely N-dealkylation sites (tertiary alicyclic amines) is 1. The Kier molecular flexibility index (Phi) is 4.54. The minimum atomic E-state index is -0.0276. The molecule has 0 radical (unpaired) electrons. The smallest absolute Gasteiger partial charge is 0.225 e. The summed E-state index contributed by atoms with van der Waals surface area (Å²) in [4.78, 5) is 13.8. The molecule has 0 aliphatic carbocycles. The average molecular weight is 354 g/mol. The SMILES string of the molecule is COc1cccc(CN2CC[C@@]3(COCc4cnc(N(C)C)nc43)C2)c1. The Balaban J connectivity index is 1.57. The molecule has 1 saturated heterocycles. The highest BCUT2D eigenvalue weighted by atomic mass is 16.5. The Morgan fingerprint density at radius 3 is 3.04 bits per heavy atom. The number of hydrogen-bond acceptors (Lipinski definition) is 6. The molecule has 6 nitrogen and oxygen atoms in total. The fraction of sp³-hybridized carbons (Fsp3) is 0.500. The monoisotopic (exact) mass is 354 g/mol. The van der Waals surface area contributed by atoms with Crippen LogP contribution in [-0.4, -0.2) is 55.8 Å². The molecule has 0 saturated carbocycles. The zero-order chi connectivity index (χ0) is 18.1. The van der Waals surface area contributed by atoms with E-state index in [1.807, 2.05) is 31.3 Å². The molecule has 1 atom stereocenters. The highest BCUT2D eigenvalue weighted by Crippen LogP contribution is 2.39. The molecule has 26 heavy (non-hydrogen) atoms. The molecule has 0 amide bonds. The van der Waals surface area contributed by atoms with Gasteiger partial charge in [0, 0.05) is 38.9 Å². The second-order valence-electron chi connectivity index (χ2n) is 7.52. The predicted molar refractivity (Wildman–Crippen MR) is 101 cm³/mol. The minimum absolute atomic E-state index is 0.0276. The van der Waals surface area contributed by atoms with E-state index in [1.165, 1.54) is 11.3 Å². The molecule has 4 rings (SSSR count). The molecular weight excluding hydrogens is 328 g/mol. The molecular formula is C20H26N4O2. The van der Waals surface area contributed by atoms with E-state index in [0.717, 1.165) is 49.9 Å². The van der Waals surface area contributed by atoms with Crippen molar-refractivity contribution in [1.82, 2.24) is 14.9 Å². The summed E-state index contributed by atoms with van der Waals surface area (Å²) in [5, 5.41) is 0. The predicted octanol–water partition coefficient (Wildman–Crippen LogP) is 2.23. The number of fused-ring (bicyclic) bond motifs is 2. The molecule has 138 valence electrons. The first-order chi connectivity index (χ1) is 12.6. The summed E-state index contributed by atoms with van der Waals surface area (Å²) in [5.74, 6) is 1.68. The molecule has 3 heterocycles. The Morgan fingerprint density at radius 1 is 1.35 bits per heavy atom. The van der Waals surface area contributed by atoms with Gasteiger partial charge in [-0.1, -0.05) is 12.1 Å². The lowest BCUT2D eigenvalue weighted by Crippen LogP contribution is -2.40. The maximum Gasteiger partial charge on any atom is 0.225 e. The lowest BCUT2D eigenvalue weighted by atomic mass is 9.80. The molecule has 1 fully saturated rings. The first-order valence-electron chi connectivity index (χ1n) is 9.06. The van der Waals surface area contributed by atoms with Crippen molar-refractivity contribution < 1.29 is 9.47 Å². The molecule has 2 aliphatic heterocycles. The van der Waals surface area contributed by atoms with Crippen molar-refractivity contribution in [1.29, 1.82) is 0 Å². The van der Waals surface area contributed by atoms with Gasteiger partial charge >= 0.3 is 0 Å². The number of aromatic nitrogens is 2. The average Bonchev–Trinajstić information content (AvgIpc) is 3.05. The van der Waals surface area contributed by atoms with E-state index in [-0.39, 0.29) is 5.41 Å². The second kappa shape index (κ2) is 6.85. The topological polar surface area (TPSA) is 50.7 Å². The Labute approximate surface area is 154 Å². The van der Waals surface area contributed by atoms with E-state index in [1.54, 1.807) is 7.11 Å². The van der Waals surface area contributed by atoms with E-state index in [2.05, 4.69) is 28.1 Å². The number of rotatable bonds is 4. The molecule has 0 bridgehead atoms. The Hall–Kier alpha value is -2.18. The van der Waals surface area contributed by atoms with Gasteiger partial charge in [0.15, 0.2) is 0 Å². The second-order valence-corrected chi connectivity index (χ2v) is 7.52. The van der Waals surface area contributed by atoms with Gasteiger partial charge in [-0.05, 0) is 30.7 Å². The highest BCUT2D eigenvalue weighted by Gasteiger charge is 2.44. The summed E-state index contributed by atoms with van der Waals surface area (Å²) in [7, 11) is 5.68. The highest BCUT2D eigenvalue weighted by molar-refractivity contribution is 5.37. The first-order valence-corrected chi connectivity index (χ1v) is 9.06. The summed E-state index contributed by atoms with van der Waals surface area (Å²) >= 11 is 0. The maximum absolute atomic E-state index is 5.93. The van der Waals surface area contributed by atoms with Crippen LogP contribution in [0.3, 0.4) is 0 Å². The van der Waals surface area contributed by atoms with E-state index < -0.39 is 0 Å². The maximum atomic E-state index is 5.93. The van der Waals surface area contributed by atoms with Crippen molar-refractivity contribution in [2.45, 2.75) is 25.0 Å². The quantitative estimate of drug-likeness (QED) is 0.839. The number of ether oxygens (including phenoxy) is 2. The molecule has 2 aromatic rings. The summed E-state index contributed by atoms with van der Waals surface area (Å²) in [6.45, 7) is 4.27. The minimum Gasteiger partial charge on any atom is -0.497 e.